The van der Waals surface area contributed by atoms with E-state index in [4.69, 9.17) is 0 Å². The van der Waals surface area contributed by atoms with Gasteiger partial charge in [0.25, 0.3) is 6.43 Å². The van der Waals surface area contributed by atoms with Crippen LogP contribution in [-0.2, 0) is 6.54 Å². The Balaban J connectivity index is 0.00000200. The van der Waals surface area contributed by atoms with Gasteiger partial charge in [0.1, 0.15) is 0 Å². The van der Waals surface area contributed by atoms with Gasteiger partial charge in [-0.15, -0.1) is 12.4 Å². The number of benzene rings is 1. The standard InChI is InChI=1S/C15H22F2N2.ClH/c1-2-3-14-10-18-8-9-19(14)11-12-4-6-13(7-5-12)15(16)17;/h4-7,14-15,18H,2-3,8-11H2,1H3;1H. The van der Waals surface area contributed by atoms with Crippen molar-refractivity contribution in [2.45, 2.75) is 38.8 Å². The van der Waals surface area contributed by atoms with Crippen LogP contribution in [0.2, 0.25) is 0 Å². The first-order valence-corrected chi connectivity index (χ1v) is 7.02. The Morgan fingerprint density at radius 2 is 2.00 bits per heavy atom. The van der Waals surface area contributed by atoms with Gasteiger partial charge in [-0.2, -0.15) is 0 Å². The van der Waals surface area contributed by atoms with Crippen molar-refractivity contribution in [2.75, 3.05) is 19.6 Å². The Labute approximate surface area is 126 Å². The van der Waals surface area contributed by atoms with Crippen LogP contribution in [0, 0.1) is 0 Å². The minimum atomic E-state index is -2.37. The van der Waals surface area contributed by atoms with Crippen molar-refractivity contribution in [3.05, 3.63) is 35.4 Å². The maximum atomic E-state index is 12.5. The van der Waals surface area contributed by atoms with Gasteiger partial charge in [0, 0.05) is 37.8 Å². The molecule has 1 aromatic rings. The molecule has 2 rings (SSSR count). The maximum Gasteiger partial charge on any atom is 0.263 e. The van der Waals surface area contributed by atoms with Gasteiger partial charge in [-0.05, 0) is 12.0 Å². The highest BCUT2D eigenvalue weighted by Crippen LogP contribution is 2.20. The first kappa shape index (κ1) is 17.3. The molecule has 5 heteroatoms. The van der Waals surface area contributed by atoms with Gasteiger partial charge in [0.15, 0.2) is 0 Å². The number of piperazine rings is 1. The van der Waals surface area contributed by atoms with Gasteiger partial charge in [0.2, 0.25) is 0 Å². The zero-order valence-corrected chi connectivity index (χ0v) is 12.6. The Morgan fingerprint density at radius 1 is 1.30 bits per heavy atom. The summed E-state index contributed by atoms with van der Waals surface area (Å²) in [7, 11) is 0. The summed E-state index contributed by atoms with van der Waals surface area (Å²) in [5.74, 6) is 0. The number of hydrogen-bond donors (Lipinski definition) is 1. The summed E-state index contributed by atoms with van der Waals surface area (Å²) >= 11 is 0. The second-order valence-corrected chi connectivity index (χ2v) is 5.16. The minimum Gasteiger partial charge on any atom is -0.314 e. The summed E-state index contributed by atoms with van der Waals surface area (Å²) in [5, 5.41) is 3.42. The molecule has 1 aliphatic rings. The zero-order valence-electron chi connectivity index (χ0n) is 11.8. The van der Waals surface area contributed by atoms with Gasteiger partial charge >= 0.3 is 0 Å². The predicted octanol–water partition coefficient (Wildman–Crippen LogP) is 3.62. The van der Waals surface area contributed by atoms with E-state index in [0.717, 1.165) is 31.7 Å². The molecular formula is C15H23ClF2N2. The van der Waals surface area contributed by atoms with Crippen molar-refractivity contribution >= 4 is 12.4 Å². The van der Waals surface area contributed by atoms with Crippen molar-refractivity contribution in [1.82, 2.24) is 10.2 Å². The molecule has 0 saturated carbocycles. The van der Waals surface area contributed by atoms with Crippen LogP contribution >= 0.6 is 12.4 Å². The molecule has 1 atom stereocenters. The summed E-state index contributed by atoms with van der Waals surface area (Å²) < 4.78 is 25.0. The van der Waals surface area contributed by atoms with E-state index in [1.807, 2.05) is 12.1 Å². The SMILES string of the molecule is CCCC1CNCCN1Cc1ccc(C(F)F)cc1.Cl. The second-order valence-electron chi connectivity index (χ2n) is 5.16. The van der Waals surface area contributed by atoms with Crippen LogP contribution < -0.4 is 5.32 Å². The fraction of sp³-hybridized carbons (Fsp3) is 0.600. The summed E-state index contributed by atoms with van der Waals surface area (Å²) in [5.41, 5.74) is 1.22. The van der Waals surface area contributed by atoms with Gasteiger partial charge < -0.3 is 5.32 Å². The molecule has 0 radical (unpaired) electrons. The lowest BCUT2D eigenvalue weighted by Crippen LogP contribution is -2.50. The van der Waals surface area contributed by atoms with E-state index in [9.17, 15) is 8.78 Å². The van der Waals surface area contributed by atoms with E-state index in [-0.39, 0.29) is 18.0 Å². The molecule has 0 spiro atoms. The molecule has 0 bridgehead atoms. The lowest BCUT2D eigenvalue weighted by atomic mass is 10.1. The number of hydrogen-bond acceptors (Lipinski definition) is 2. The molecule has 114 valence electrons. The monoisotopic (exact) mass is 304 g/mol. The molecule has 1 saturated heterocycles. The molecule has 1 heterocycles. The van der Waals surface area contributed by atoms with Gasteiger partial charge in [-0.3, -0.25) is 4.90 Å². The Bertz CT molecular complexity index is 382. The first-order chi connectivity index (χ1) is 9.20. The summed E-state index contributed by atoms with van der Waals surface area (Å²) in [6, 6.07) is 7.29. The van der Waals surface area contributed by atoms with Crippen molar-refractivity contribution < 1.29 is 8.78 Å². The fourth-order valence-electron chi connectivity index (χ4n) is 2.63. The molecule has 20 heavy (non-hydrogen) atoms. The summed E-state index contributed by atoms with van der Waals surface area (Å²) in [6.45, 7) is 6.12. The third-order valence-corrected chi connectivity index (χ3v) is 3.71. The van der Waals surface area contributed by atoms with Gasteiger partial charge in [-0.25, -0.2) is 8.78 Å². The smallest absolute Gasteiger partial charge is 0.263 e. The summed E-state index contributed by atoms with van der Waals surface area (Å²) in [6.07, 6.45) is -0.0176. The minimum absolute atomic E-state index is 0. The average molecular weight is 305 g/mol. The molecule has 0 amide bonds. The molecule has 2 nitrogen and oxygen atoms in total. The number of rotatable bonds is 5. The lowest BCUT2D eigenvalue weighted by Gasteiger charge is -2.36. The molecule has 0 aliphatic carbocycles. The Hall–Kier alpha value is -0.710. The van der Waals surface area contributed by atoms with Gasteiger partial charge in [0.05, 0.1) is 0 Å². The highest BCUT2D eigenvalue weighted by molar-refractivity contribution is 5.85. The van der Waals surface area contributed by atoms with Crippen molar-refractivity contribution in [2.24, 2.45) is 0 Å². The number of halogens is 3. The second kappa shape index (κ2) is 8.55. The highest BCUT2D eigenvalue weighted by atomic mass is 35.5. The molecule has 1 aromatic carbocycles. The van der Waals surface area contributed by atoms with E-state index in [1.54, 1.807) is 0 Å². The lowest BCUT2D eigenvalue weighted by molar-refractivity contribution is 0.143. The number of nitrogens with one attached hydrogen (secondary N) is 1. The molecular weight excluding hydrogens is 282 g/mol. The van der Waals surface area contributed by atoms with Crippen LogP contribution in [0.15, 0.2) is 24.3 Å². The Morgan fingerprint density at radius 3 is 2.60 bits per heavy atom. The van der Waals surface area contributed by atoms with Crippen molar-refractivity contribution in [3.8, 4) is 0 Å². The van der Waals surface area contributed by atoms with E-state index in [1.165, 1.54) is 25.0 Å². The molecule has 1 aliphatic heterocycles. The quantitative estimate of drug-likeness (QED) is 0.894. The maximum absolute atomic E-state index is 12.5. The topological polar surface area (TPSA) is 15.3 Å². The fourth-order valence-corrected chi connectivity index (χ4v) is 2.63. The highest BCUT2D eigenvalue weighted by Gasteiger charge is 2.21. The van der Waals surface area contributed by atoms with E-state index in [0.29, 0.717) is 6.04 Å². The van der Waals surface area contributed by atoms with Crippen LogP contribution in [0.3, 0.4) is 0 Å². The summed E-state index contributed by atoms with van der Waals surface area (Å²) in [4.78, 5) is 2.46. The van der Waals surface area contributed by atoms with Crippen LogP contribution in [0.1, 0.15) is 37.3 Å². The molecule has 1 unspecified atom stereocenters. The third-order valence-electron chi connectivity index (χ3n) is 3.71. The molecule has 1 fully saturated rings. The number of nitrogens with zero attached hydrogens (tertiary/aromatic N) is 1. The first-order valence-electron chi connectivity index (χ1n) is 7.02. The van der Waals surface area contributed by atoms with Crippen LogP contribution in [0.4, 0.5) is 8.78 Å². The average Bonchev–Trinajstić information content (AvgIpc) is 2.42. The van der Waals surface area contributed by atoms with Crippen LogP contribution in [-0.4, -0.2) is 30.6 Å². The number of alkyl halides is 2. The predicted molar refractivity (Wildman–Crippen MR) is 80.6 cm³/mol. The van der Waals surface area contributed by atoms with Gasteiger partial charge in [-0.1, -0.05) is 37.6 Å². The normalized spacial score (nSPS) is 19.9. The third kappa shape index (κ3) is 4.69. The Kier molecular flexibility index (Phi) is 7.41. The van der Waals surface area contributed by atoms with Crippen LogP contribution in [0.25, 0.3) is 0 Å². The van der Waals surface area contributed by atoms with Crippen molar-refractivity contribution in [1.29, 1.82) is 0 Å². The zero-order chi connectivity index (χ0) is 13.7. The van der Waals surface area contributed by atoms with E-state index < -0.39 is 6.43 Å². The molecule has 1 N–H and O–H groups in total. The van der Waals surface area contributed by atoms with E-state index in [2.05, 4.69) is 17.1 Å². The largest absolute Gasteiger partial charge is 0.314 e. The van der Waals surface area contributed by atoms with Crippen molar-refractivity contribution in [3.63, 3.8) is 0 Å². The van der Waals surface area contributed by atoms with E-state index >= 15 is 0 Å². The molecule has 0 aromatic heterocycles. The van der Waals surface area contributed by atoms with Crippen LogP contribution in [0.5, 0.6) is 0 Å².